The first-order chi connectivity index (χ1) is 10.7. The van der Waals surface area contributed by atoms with E-state index in [9.17, 15) is 4.79 Å². The zero-order chi connectivity index (χ0) is 15.4. The number of nitrogens with zero attached hydrogens (tertiary/aromatic N) is 1. The van der Waals surface area contributed by atoms with Crippen molar-refractivity contribution in [3.8, 4) is 0 Å². The first kappa shape index (κ1) is 14.5. The van der Waals surface area contributed by atoms with Gasteiger partial charge in [0.2, 0.25) is 5.91 Å². The van der Waals surface area contributed by atoms with E-state index in [1.807, 2.05) is 48.5 Å². The number of hydrogen-bond donors (Lipinski definition) is 1. The Labute approximate surface area is 131 Å². The molecular formula is C19H20N2O. The molecule has 2 aromatic carbocycles. The molecule has 0 saturated heterocycles. The molecular weight excluding hydrogens is 272 g/mol. The highest BCUT2D eigenvalue weighted by atomic mass is 16.1. The van der Waals surface area contributed by atoms with Gasteiger partial charge in [-0.2, -0.15) is 0 Å². The fourth-order valence-electron chi connectivity index (χ4n) is 2.78. The third-order valence-electron chi connectivity index (χ3n) is 3.94. The van der Waals surface area contributed by atoms with E-state index in [-0.39, 0.29) is 5.91 Å². The summed E-state index contributed by atoms with van der Waals surface area (Å²) in [4.78, 5) is 14.4. The topological polar surface area (TPSA) is 32.3 Å². The predicted octanol–water partition coefficient (Wildman–Crippen LogP) is 3.33. The van der Waals surface area contributed by atoms with Crippen molar-refractivity contribution in [2.75, 3.05) is 18.9 Å². The molecule has 0 aliphatic carbocycles. The number of carbonyl (C=O) groups is 1. The maximum Gasteiger partial charge on any atom is 0.248 e. The van der Waals surface area contributed by atoms with Crippen molar-refractivity contribution < 1.29 is 4.79 Å². The van der Waals surface area contributed by atoms with Crippen LogP contribution >= 0.6 is 0 Å². The Balaban J connectivity index is 1.72. The van der Waals surface area contributed by atoms with Crippen LogP contribution in [0.2, 0.25) is 0 Å². The quantitative estimate of drug-likeness (QED) is 0.880. The van der Waals surface area contributed by atoms with E-state index in [4.69, 9.17) is 0 Å². The lowest BCUT2D eigenvalue weighted by molar-refractivity contribution is -0.111. The first-order valence-electron chi connectivity index (χ1n) is 7.56. The zero-order valence-corrected chi connectivity index (χ0v) is 12.8. The summed E-state index contributed by atoms with van der Waals surface area (Å²) in [6.45, 7) is 1.97. The van der Waals surface area contributed by atoms with Crippen LogP contribution in [0, 0.1) is 0 Å². The Hall–Kier alpha value is -2.39. The predicted molar refractivity (Wildman–Crippen MR) is 90.6 cm³/mol. The van der Waals surface area contributed by atoms with E-state index in [0.717, 1.165) is 30.8 Å². The van der Waals surface area contributed by atoms with Crippen LogP contribution in [0.5, 0.6) is 0 Å². The third-order valence-corrected chi connectivity index (χ3v) is 3.94. The minimum atomic E-state index is -0.0869. The highest BCUT2D eigenvalue weighted by molar-refractivity contribution is 6.02. The maximum atomic E-state index is 12.1. The minimum Gasteiger partial charge on any atom is -0.322 e. The highest BCUT2D eigenvalue weighted by Gasteiger charge is 2.16. The van der Waals surface area contributed by atoms with E-state index in [1.54, 1.807) is 6.08 Å². The molecule has 1 aliphatic rings. The number of carbonyl (C=O) groups excluding carboxylic acids is 1. The number of hydrogen-bond acceptors (Lipinski definition) is 2. The van der Waals surface area contributed by atoms with Crippen molar-refractivity contribution in [2.24, 2.45) is 0 Å². The van der Waals surface area contributed by atoms with Crippen molar-refractivity contribution >= 4 is 17.7 Å². The largest absolute Gasteiger partial charge is 0.322 e. The summed E-state index contributed by atoms with van der Waals surface area (Å²) in [6.07, 6.45) is 4.40. The summed E-state index contributed by atoms with van der Waals surface area (Å²) in [7, 11) is 2.12. The SMILES string of the molecule is CN1CCc2c(cccc2NC(=O)C=Cc2ccccc2)C1. The molecule has 1 N–H and O–H groups in total. The molecule has 0 radical (unpaired) electrons. The van der Waals surface area contributed by atoms with Gasteiger partial charge in [0.1, 0.15) is 0 Å². The zero-order valence-electron chi connectivity index (χ0n) is 12.8. The van der Waals surface area contributed by atoms with Gasteiger partial charge in [0.15, 0.2) is 0 Å². The molecule has 0 atom stereocenters. The number of fused-ring (bicyclic) bond motifs is 1. The Morgan fingerprint density at radius 2 is 1.95 bits per heavy atom. The normalized spacial score (nSPS) is 14.8. The second-order valence-electron chi connectivity index (χ2n) is 5.66. The van der Waals surface area contributed by atoms with Crippen LogP contribution in [-0.2, 0) is 17.8 Å². The Kier molecular flexibility index (Phi) is 4.35. The summed E-state index contributed by atoms with van der Waals surface area (Å²) in [5, 5.41) is 3.01. The summed E-state index contributed by atoms with van der Waals surface area (Å²) in [5.74, 6) is -0.0869. The van der Waals surface area contributed by atoms with Gasteiger partial charge in [0, 0.05) is 24.9 Å². The minimum absolute atomic E-state index is 0.0869. The third kappa shape index (κ3) is 3.43. The smallest absolute Gasteiger partial charge is 0.248 e. The molecule has 0 fully saturated rings. The lowest BCUT2D eigenvalue weighted by Gasteiger charge is -2.26. The number of rotatable bonds is 3. The van der Waals surface area contributed by atoms with Crippen LogP contribution in [0.1, 0.15) is 16.7 Å². The van der Waals surface area contributed by atoms with E-state index >= 15 is 0 Å². The van der Waals surface area contributed by atoms with Crippen molar-refractivity contribution in [2.45, 2.75) is 13.0 Å². The van der Waals surface area contributed by atoms with Crippen LogP contribution in [-0.4, -0.2) is 24.4 Å². The molecule has 0 saturated carbocycles. The molecule has 112 valence electrons. The number of amides is 1. The van der Waals surface area contributed by atoms with Gasteiger partial charge in [-0.25, -0.2) is 0 Å². The van der Waals surface area contributed by atoms with E-state index in [2.05, 4.69) is 23.3 Å². The van der Waals surface area contributed by atoms with Gasteiger partial charge in [-0.1, -0.05) is 42.5 Å². The van der Waals surface area contributed by atoms with Crippen molar-refractivity contribution in [3.63, 3.8) is 0 Å². The maximum absolute atomic E-state index is 12.1. The van der Waals surface area contributed by atoms with Gasteiger partial charge < -0.3 is 10.2 Å². The molecule has 0 aromatic heterocycles. The van der Waals surface area contributed by atoms with Gasteiger partial charge in [-0.15, -0.1) is 0 Å². The monoisotopic (exact) mass is 292 g/mol. The molecule has 1 amide bonds. The standard InChI is InChI=1S/C19H20N2O/c1-21-13-12-17-16(14-21)8-5-9-18(17)20-19(22)11-10-15-6-3-2-4-7-15/h2-11H,12-14H2,1H3,(H,20,22). The average molecular weight is 292 g/mol. The van der Waals surface area contributed by atoms with E-state index in [0.29, 0.717) is 0 Å². The number of anilines is 1. The molecule has 3 rings (SSSR count). The van der Waals surface area contributed by atoms with Gasteiger partial charge in [-0.3, -0.25) is 4.79 Å². The van der Waals surface area contributed by atoms with Gasteiger partial charge in [-0.05, 0) is 42.3 Å². The van der Waals surface area contributed by atoms with Crippen LogP contribution in [0.3, 0.4) is 0 Å². The fourth-order valence-corrected chi connectivity index (χ4v) is 2.78. The molecule has 0 bridgehead atoms. The first-order valence-corrected chi connectivity index (χ1v) is 7.56. The number of likely N-dealkylation sites (N-methyl/N-ethyl adjacent to an activating group) is 1. The molecule has 0 spiro atoms. The second-order valence-corrected chi connectivity index (χ2v) is 5.66. The van der Waals surface area contributed by atoms with Crippen LogP contribution < -0.4 is 5.32 Å². The van der Waals surface area contributed by atoms with Gasteiger partial charge in [0.25, 0.3) is 0 Å². The average Bonchev–Trinajstić information content (AvgIpc) is 2.54. The number of nitrogens with one attached hydrogen (secondary N) is 1. The van der Waals surface area contributed by atoms with Crippen molar-refractivity contribution in [3.05, 3.63) is 71.3 Å². The van der Waals surface area contributed by atoms with Crippen LogP contribution in [0.4, 0.5) is 5.69 Å². The lowest BCUT2D eigenvalue weighted by atomic mass is 9.98. The van der Waals surface area contributed by atoms with Crippen LogP contribution in [0.15, 0.2) is 54.6 Å². The Bertz CT molecular complexity index is 692. The summed E-state index contributed by atoms with van der Waals surface area (Å²) >= 11 is 0. The molecule has 0 unspecified atom stereocenters. The molecule has 3 nitrogen and oxygen atoms in total. The Morgan fingerprint density at radius 1 is 1.14 bits per heavy atom. The molecule has 1 heterocycles. The second kappa shape index (κ2) is 6.58. The Morgan fingerprint density at radius 3 is 2.77 bits per heavy atom. The van der Waals surface area contributed by atoms with E-state index in [1.165, 1.54) is 11.1 Å². The molecule has 3 heteroatoms. The lowest BCUT2D eigenvalue weighted by Crippen LogP contribution is -2.27. The van der Waals surface area contributed by atoms with Crippen molar-refractivity contribution in [1.82, 2.24) is 4.90 Å². The summed E-state index contributed by atoms with van der Waals surface area (Å²) < 4.78 is 0. The highest BCUT2D eigenvalue weighted by Crippen LogP contribution is 2.25. The fraction of sp³-hybridized carbons (Fsp3) is 0.211. The van der Waals surface area contributed by atoms with E-state index < -0.39 is 0 Å². The van der Waals surface area contributed by atoms with Crippen LogP contribution in [0.25, 0.3) is 6.08 Å². The molecule has 2 aromatic rings. The summed E-state index contributed by atoms with van der Waals surface area (Å²) in [5.41, 5.74) is 4.53. The van der Waals surface area contributed by atoms with Crippen molar-refractivity contribution in [1.29, 1.82) is 0 Å². The molecule has 22 heavy (non-hydrogen) atoms. The van der Waals surface area contributed by atoms with Gasteiger partial charge >= 0.3 is 0 Å². The van der Waals surface area contributed by atoms with Gasteiger partial charge in [0.05, 0.1) is 0 Å². The number of benzene rings is 2. The molecule has 1 aliphatic heterocycles. The summed E-state index contributed by atoms with van der Waals surface area (Å²) in [6, 6.07) is 16.0.